The second-order valence-corrected chi connectivity index (χ2v) is 4.30. The largest absolute Gasteiger partial charge is 0.465 e. The average Bonchev–Trinajstić information content (AvgIpc) is 2.27. The summed E-state index contributed by atoms with van der Waals surface area (Å²) in [7, 11) is 0. The van der Waals surface area contributed by atoms with Gasteiger partial charge in [0.15, 0.2) is 0 Å². The Morgan fingerprint density at radius 1 is 1.65 bits per heavy atom. The first kappa shape index (κ1) is 14.1. The molecule has 0 saturated heterocycles. The number of rotatable bonds is 4. The number of hydrogen-bond donors (Lipinski definition) is 2. The topological polar surface area (TPSA) is 72.5 Å². The minimum Gasteiger partial charge on any atom is -0.465 e. The summed E-state index contributed by atoms with van der Waals surface area (Å²) in [5.74, 6) is -1.39. The molecule has 2 atom stereocenters. The maximum atomic E-state index is 13.5. The molecule has 94 valence electrons. The summed E-state index contributed by atoms with van der Waals surface area (Å²) >= 11 is 3.09. The number of benzene rings is 1. The summed E-state index contributed by atoms with van der Waals surface area (Å²) in [6.45, 7) is 1.78. The molecule has 0 bridgehead atoms. The van der Waals surface area contributed by atoms with E-state index in [4.69, 9.17) is 5.73 Å². The molecule has 3 N–H and O–H groups in total. The third-order valence-corrected chi connectivity index (χ3v) is 2.67. The molecule has 1 aromatic carbocycles. The van der Waals surface area contributed by atoms with Crippen molar-refractivity contribution in [3.8, 4) is 0 Å². The van der Waals surface area contributed by atoms with Gasteiger partial charge in [-0.05, 0) is 19.1 Å². The zero-order valence-corrected chi connectivity index (χ0v) is 10.8. The molecule has 1 aromatic rings. The van der Waals surface area contributed by atoms with Gasteiger partial charge >= 0.3 is 5.97 Å². The van der Waals surface area contributed by atoms with Crippen molar-refractivity contribution in [3.63, 3.8) is 0 Å². The smallest absolute Gasteiger partial charge is 0.325 e. The van der Waals surface area contributed by atoms with Gasteiger partial charge in [0, 0.05) is 10.0 Å². The fourth-order valence-corrected chi connectivity index (χ4v) is 1.64. The van der Waals surface area contributed by atoms with Gasteiger partial charge in [-0.3, -0.25) is 4.79 Å². The number of carbonyl (C=O) groups is 1. The van der Waals surface area contributed by atoms with Gasteiger partial charge in [0.2, 0.25) is 0 Å². The maximum Gasteiger partial charge on any atom is 0.325 e. The van der Waals surface area contributed by atoms with Crippen LogP contribution in [0.5, 0.6) is 0 Å². The molecule has 6 heteroatoms. The molecule has 0 saturated carbocycles. The quantitative estimate of drug-likeness (QED) is 0.827. The molecule has 0 aliphatic heterocycles. The van der Waals surface area contributed by atoms with E-state index in [1.807, 2.05) is 0 Å². The van der Waals surface area contributed by atoms with E-state index in [0.717, 1.165) is 0 Å². The number of hydrogen-bond acceptors (Lipinski definition) is 4. The fraction of sp³-hybridized carbons (Fsp3) is 0.364. The Labute approximate surface area is 107 Å². The summed E-state index contributed by atoms with van der Waals surface area (Å²) < 4.78 is 18.7. The van der Waals surface area contributed by atoms with Crippen LogP contribution in [0.4, 0.5) is 4.39 Å². The van der Waals surface area contributed by atoms with Gasteiger partial charge in [-0.25, -0.2) is 4.39 Å². The Morgan fingerprint density at radius 3 is 2.82 bits per heavy atom. The lowest BCUT2D eigenvalue weighted by molar-refractivity contribution is -0.147. The number of aliphatic hydroxyl groups excluding tert-OH is 1. The van der Waals surface area contributed by atoms with Crippen molar-refractivity contribution in [1.29, 1.82) is 0 Å². The van der Waals surface area contributed by atoms with Crippen LogP contribution in [0, 0.1) is 5.82 Å². The Kier molecular flexibility index (Phi) is 5.04. The minimum absolute atomic E-state index is 0.0336. The summed E-state index contributed by atoms with van der Waals surface area (Å²) in [5, 5.41) is 9.78. The molecule has 17 heavy (non-hydrogen) atoms. The van der Waals surface area contributed by atoms with Crippen LogP contribution in [-0.2, 0) is 9.53 Å². The first-order chi connectivity index (χ1) is 7.97. The highest BCUT2D eigenvalue weighted by atomic mass is 79.9. The van der Waals surface area contributed by atoms with Crippen LogP contribution in [0.25, 0.3) is 0 Å². The molecule has 0 spiro atoms. The van der Waals surface area contributed by atoms with Crippen LogP contribution >= 0.6 is 15.9 Å². The highest BCUT2D eigenvalue weighted by Gasteiger charge is 2.27. The SMILES string of the molecule is CCOC(=O)C(N)C(O)c1ccc(Br)cc1F. The molecular weight excluding hydrogens is 293 g/mol. The van der Waals surface area contributed by atoms with E-state index >= 15 is 0 Å². The predicted molar refractivity (Wildman–Crippen MR) is 63.7 cm³/mol. The minimum atomic E-state index is -1.43. The normalized spacial score (nSPS) is 14.2. The summed E-state index contributed by atoms with van der Waals surface area (Å²) in [5.41, 5.74) is 5.45. The monoisotopic (exact) mass is 305 g/mol. The molecule has 0 fully saturated rings. The Balaban J connectivity index is 2.88. The number of halogens is 2. The third kappa shape index (κ3) is 3.49. The van der Waals surface area contributed by atoms with Crippen LogP contribution in [0.3, 0.4) is 0 Å². The van der Waals surface area contributed by atoms with Crippen LogP contribution in [0.15, 0.2) is 22.7 Å². The third-order valence-electron chi connectivity index (χ3n) is 2.18. The Hall–Kier alpha value is -0.980. The lowest BCUT2D eigenvalue weighted by atomic mass is 10.0. The first-order valence-corrected chi connectivity index (χ1v) is 5.82. The molecule has 1 rings (SSSR count). The van der Waals surface area contributed by atoms with E-state index in [0.29, 0.717) is 4.47 Å². The van der Waals surface area contributed by atoms with Crippen molar-refractivity contribution in [1.82, 2.24) is 0 Å². The standard InChI is InChI=1S/C11H13BrFNO3/c1-2-17-11(16)9(14)10(15)7-4-3-6(12)5-8(7)13/h3-5,9-10,15H,2,14H2,1H3. The molecule has 0 aromatic heterocycles. The number of aliphatic hydroxyl groups is 1. The summed E-state index contributed by atoms with van der Waals surface area (Å²) in [4.78, 5) is 11.3. The molecule has 4 nitrogen and oxygen atoms in total. The number of nitrogens with two attached hydrogens (primary N) is 1. The second kappa shape index (κ2) is 6.09. The lowest BCUT2D eigenvalue weighted by Gasteiger charge is -2.18. The van der Waals surface area contributed by atoms with E-state index in [-0.39, 0.29) is 12.2 Å². The van der Waals surface area contributed by atoms with Crippen molar-refractivity contribution in [2.75, 3.05) is 6.61 Å². The molecule has 0 aliphatic carbocycles. The zero-order chi connectivity index (χ0) is 13.0. The maximum absolute atomic E-state index is 13.5. The van der Waals surface area contributed by atoms with Crippen LogP contribution in [0.2, 0.25) is 0 Å². The van der Waals surface area contributed by atoms with Crippen molar-refractivity contribution in [3.05, 3.63) is 34.1 Å². The second-order valence-electron chi connectivity index (χ2n) is 3.39. The van der Waals surface area contributed by atoms with Crippen molar-refractivity contribution >= 4 is 21.9 Å². The average molecular weight is 306 g/mol. The number of esters is 1. The van der Waals surface area contributed by atoms with Gasteiger partial charge in [-0.15, -0.1) is 0 Å². The Bertz CT molecular complexity index is 414. The molecular formula is C11H13BrFNO3. The van der Waals surface area contributed by atoms with E-state index in [1.54, 1.807) is 13.0 Å². The van der Waals surface area contributed by atoms with Gasteiger partial charge < -0.3 is 15.6 Å². The highest BCUT2D eigenvalue weighted by Crippen LogP contribution is 2.23. The van der Waals surface area contributed by atoms with Gasteiger partial charge in [-0.2, -0.15) is 0 Å². The fourth-order valence-electron chi connectivity index (χ4n) is 1.30. The van der Waals surface area contributed by atoms with E-state index in [9.17, 15) is 14.3 Å². The predicted octanol–water partition coefficient (Wildman–Crippen LogP) is 1.51. The highest BCUT2D eigenvalue weighted by molar-refractivity contribution is 9.10. The van der Waals surface area contributed by atoms with Crippen LogP contribution in [0.1, 0.15) is 18.6 Å². The molecule has 0 heterocycles. The van der Waals surface area contributed by atoms with Gasteiger partial charge in [0.25, 0.3) is 0 Å². The number of ether oxygens (including phenoxy) is 1. The number of carbonyl (C=O) groups excluding carboxylic acids is 1. The zero-order valence-electron chi connectivity index (χ0n) is 9.19. The lowest BCUT2D eigenvalue weighted by Crippen LogP contribution is -2.38. The van der Waals surface area contributed by atoms with E-state index < -0.39 is 23.9 Å². The molecule has 2 unspecified atom stereocenters. The van der Waals surface area contributed by atoms with E-state index in [1.165, 1.54) is 12.1 Å². The summed E-state index contributed by atoms with van der Waals surface area (Å²) in [6, 6.07) is 2.81. The summed E-state index contributed by atoms with van der Waals surface area (Å²) in [6.07, 6.45) is -1.43. The van der Waals surface area contributed by atoms with E-state index in [2.05, 4.69) is 20.7 Å². The molecule has 0 aliphatic rings. The van der Waals surface area contributed by atoms with Crippen LogP contribution in [-0.4, -0.2) is 23.7 Å². The van der Waals surface area contributed by atoms with Gasteiger partial charge in [-0.1, -0.05) is 22.0 Å². The first-order valence-electron chi connectivity index (χ1n) is 5.02. The van der Waals surface area contributed by atoms with Gasteiger partial charge in [0.1, 0.15) is 18.0 Å². The van der Waals surface area contributed by atoms with Crippen molar-refractivity contribution < 1.29 is 19.0 Å². The Morgan fingerprint density at radius 2 is 2.29 bits per heavy atom. The van der Waals surface area contributed by atoms with Crippen molar-refractivity contribution in [2.45, 2.75) is 19.1 Å². The molecule has 0 radical (unpaired) electrons. The molecule has 0 amide bonds. The van der Waals surface area contributed by atoms with Gasteiger partial charge in [0.05, 0.1) is 6.61 Å². The van der Waals surface area contributed by atoms with Crippen LogP contribution < -0.4 is 5.73 Å². The van der Waals surface area contributed by atoms with Crippen molar-refractivity contribution in [2.24, 2.45) is 5.73 Å².